The largest absolute Gasteiger partial charge is 0.347 e. The van der Waals surface area contributed by atoms with Crippen LogP contribution in [0.5, 0.6) is 0 Å². The lowest BCUT2D eigenvalue weighted by molar-refractivity contribution is 0.0827. The lowest BCUT2D eigenvalue weighted by atomic mass is 10.1. The highest BCUT2D eigenvalue weighted by Crippen LogP contribution is 2.19. The van der Waals surface area contributed by atoms with Crippen LogP contribution < -0.4 is 5.32 Å². The van der Waals surface area contributed by atoms with Crippen molar-refractivity contribution in [1.82, 2.24) is 15.2 Å². The zero-order chi connectivity index (χ0) is 16.1. The maximum absolute atomic E-state index is 12.0. The number of nitrogens with one attached hydrogen (secondary N) is 1. The molecule has 22 heavy (non-hydrogen) atoms. The van der Waals surface area contributed by atoms with Crippen LogP contribution in [-0.4, -0.2) is 42.0 Å². The third-order valence-electron chi connectivity index (χ3n) is 2.92. The zero-order valence-corrected chi connectivity index (χ0v) is 14.3. The standard InChI is InChI=1S/C15H17N3O2S2/c1-18(2)14(20)11-6-4-5-10(7-11)8-16-13(19)12-9-22-15(17-12)21-3/h4-7,9H,8H2,1-3H3,(H,16,19). The van der Waals surface area contributed by atoms with Crippen LogP contribution in [0.4, 0.5) is 0 Å². The van der Waals surface area contributed by atoms with Gasteiger partial charge < -0.3 is 10.2 Å². The molecule has 2 rings (SSSR count). The number of carbonyl (C=O) groups is 2. The minimum absolute atomic E-state index is 0.0581. The number of aromatic nitrogens is 1. The van der Waals surface area contributed by atoms with E-state index in [1.165, 1.54) is 28.0 Å². The molecule has 1 aromatic carbocycles. The van der Waals surface area contributed by atoms with Crippen LogP contribution in [0, 0.1) is 0 Å². The van der Waals surface area contributed by atoms with E-state index in [4.69, 9.17) is 0 Å². The quantitative estimate of drug-likeness (QED) is 0.853. The van der Waals surface area contributed by atoms with Crippen LogP contribution in [0.1, 0.15) is 26.4 Å². The van der Waals surface area contributed by atoms with Crippen molar-refractivity contribution in [2.24, 2.45) is 0 Å². The van der Waals surface area contributed by atoms with Crippen LogP contribution in [0.2, 0.25) is 0 Å². The number of nitrogens with zero attached hydrogens (tertiary/aromatic N) is 2. The van der Waals surface area contributed by atoms with Crippen molar-refractivity contribution in [1.29, 1.82) is 0 Å². The lowest BCUT2D eigenvalue weighted by Crippen LogP contribution is -2.24. The van der Waals surface area contributed by atoms with Gasteiger partial charge in [0.25, 0.3) is 11.8 Å². The van der Waals surface area contributed by atoms with E-state index in [1.54, 1.807) is 31.6 Å². The summed E-state index contributed by atoms with van der Waals surface area (Å²) in [4.78, 5) is 29.7. The molecule has 0 atom stereocenters. The van der Waals surface area contributed by atoms with Gasteiger partial charge in [0, 0.05) is 31.6 Å². The molecule has 1 N–H and O–H groups in total. The monoisotopic (exact) mass is 335 g/mol. The van der Waals surface area contributed by atoms with Gasteiger partial charge in [0.15, 0.2) is 0 Å². The molecule has 0 aliphatic rings. The van der Waals surface area contributed by atoms with Gasteiger partial charge >= 0.3 is 0 Å². The van der Waals surface area contributed by atoms with E-state index in [2.05, 4.69) is 10.3 Å². The fourth-order valence-electron chi connectivity index (χ4n) is 1.80. The Hall–Kier alpha value is -1.86. The first-order valence-electron chi connectivity index (χ1n) is 6.59. The Balaban J connectivity index is 2.01. The number of thiazole rings is 1. The Morgan fingerprint density at radius 2 is 2.14 bits per heavy atom. The second-order valence-electron chi connectivity index (χ2n) is 4.79. The molecule has 0 saturated carbocycles. The molecule has 1 aromatic heterocycles. The third-order valence-corrected chi connectivity index (χ3v) is 4.79. The molecule has 7 heteroatoms. The molecule has 0 unspecified atom stereocenters. The first-order chi connectivity index (χ1) is 10.5. The van der Waals surface area contributed by atoms with Crippen molar-refractivity contribution in [3.05, 3.63) is 46.5 Å². The molecule has 5 nitrogen and oxygen atoms in total. The van der Waals surface area contributed by atoms with Crippen molar-refractivity contribution in [2.75, 3.05) is 20.4 Å². The maximum atomic E-state index is 12.0. The second-order valence-corrected chi connectivity index (χ2v) is 6.70. The fourth-order valence-corrected chi connectivity index (χ4v) is 3.04. The first kappa shape index (κ1) is 16.5. The first-order valence-corrected chi connectivity index (χ1v) is 8.70. The molecule has 0 radical (unpaired) electrons. The summed E-state index contributed by atoms with van der Waals surface area (Å²) in [5.74, 6) is -0.266. The summed E-state index contributed by atoms with van der Waals surface area (Å²) in [5, 5.41) is 4.56. The molecular weight excluding hydrogens is 318 g/mol. The summed E-state index contributed by atoms with van der Waals surface area (Å²) in [6.07, 6.45) is 1.92. The van der Waals surface area contributed by atoms with Crippen molar-refractivity contribution >= 4 is 34.9 Å². The average Bonchev–Trinajstić information content (AvgIpc) is 3.01. The molecule has 2 amide bonds. The average molecular weight is 335 g/mol. The number of hydrogen-bond acceptors (Lipinski definition) is 5. The van der Waals surface area contributed by atoms with Gasteiger partial charge in [-0.25, -0.2) is 4.98 Å². The third kappa shape index (κ3) is 4.08. The number of rotatable bonds is 5. The Kier molecular flexibility index (Phi) is 5.57. The van der Waals surface area contributed by atoms with E-state index in [0.29, 0.717) is 17.8 Å². The summed E-state index contributed by atoms with van der Waals surface area (Å²) >= 11 is 2.96. The van der Waals surface area contributed by atoms with Gasteiger partial charge in [-0.05, 0) is 24.0 Å². The second kappa shape index (κ2) is 7.42. The fraction of sp³-hybridized carbons (Fsp3) is 0.267. The Bertz CT molecular complexity index is 683. The van der Waals surface area contributed by atoms with Gasteiger partial charge in [0.1, 0.15) is 10.0 Å². The van der Waals surface area contributed by atoms with Gasteiger partial charge in [0.05, 0.1) is 0 Å². The smallest absolute Gasteiger partial charge is 0.271 e. The van der Waals surface area contributed by atoms with Crippen LogP contribution in [0.3, 0.4) is 0 Å². The topological polar surface area (TPSA) is 62.3 Å². The van der Waals surface area contributed by atoms with Crippen LogP contribution in [-0.2, 0) is 6.54 Å². The summed E-state index contributed by atoms with van der Waals surface area (Å²) < 4.78 is 0.865. The molecule has 0 aliphatic carbocycles. The molecule has 0 aliphatic heterocycles. The number of benzene rings is 1. The summed E-state index contributed by atoms with van der Waals surface area (Å²) in [6.45, 7) is 0.361. The van der Waals surface area contributed by atoms with Crippen molar-refractivity contribution < 1.29 is 9.59 Å². The van der Waals surface area contributed by atoms with Gasteiger partial charge in [-0.1, -0.05) is 23.9 Å². The van der Waals surface area contributed by atoms with E-state index in [0.717, 1.165) is 9.90 Å². The lowest BCUT2D eigenvalue weighted by Gasteiger charge is -2.11. The zero-order valence-electron chi connectivity index (χ0n) is 12.6. The molecule has 116 valence electrons. The normalized spacial score (nSPS) is 10.3. The molecular formula is C15H17N3O2S2. The number of carbonyl (C=O) groups excluding carboxylic acids is 2. The van der Waals surface area contributed by atoms with E-state index in [1.807, 2.05) is 18.4 Å². The summed E-state index contributed by atoms with van der Waals surface area (Å²) in [5.41, 5.74) is 1.91. The predicted octanol–water partition coefficient (Wildman–Crippen LogP) is 2.50. The predicted molar refractivity (Wildman–Crippen MR) is 89.5 cm³/mol. The van der Waals surface area contributed by atoms with E-state index >= 15 is 0 Å². The molecule has 1 heterocycles. The SMILES string of the molecule is CSc1nc(C(=O)NCc2cccc(C(=O)N(C)C)c2)cs1. The van der Waals surface area contributed by atoms with Crippen LogP contribution in [0.15, 0.2) is 34.0 Å². The Labute approximate surface area is 137 Å². The molecule has 0 bridgehead atoms. The van der Waals surface area contributed by atoms with E-state index in [9.17, 15) is 9.59 Å². The van der Waals surface area contributed by atoms with Crippen molar-refractivity contribution in [3.8, 4) is 0 Å². The van der Waals surface area contributed by atoms with Crippen LogP contribution in [0.25, 0.3) is 0 Å². The van der Waals surface area contributed by atoms with E-state index < -0.39 is 0 Å². The van der Waals surface area contributed by atoms with Gasteiger partial charge in [-0.2, -0.15) is 0 Å². The van der Waals surface area contributed by atoms with Crippen LogP contribution >= 0.6 is 23.1 Å². The minimum Gasteiger partial charge on any atom is -0.347 e. The van der Waals surface area contributed by atoms with Gasteiger partial charge in [-0.15, -0.1) is 11.3 Å². The number of thioether (sulfide) groups is 1. The summed E-state index contributed by atoms with van der Waals surface area (Å²) in [6, 6.07) is 7.24. The Morgan fingerprint density at radius 3 is 2.77 bits per heavy atom. The molecule has 0 spiro atoms. The molecule has 2 aromatic rings. The maximum Gasteiger partial charge on any atom is 0.271 e. The minimum atomic E-state index is -0.208. The number of hydrogen-bond donors (Lipinski definition) is 1. The highest BCUT2D eigenvalue weighted by Gasteiger charge is 2.11. The molecule has 0 saturated heterocycles. The summed E-state index contributed by atoms with van der Waals surface area (Å²) in [7, 11) is 3.42. The Morgan fingerprint density at radius 1 is 1.36 bits per heavy atom. The highest BCUT2D eigenvalue weighted by atomic mass is 32.2. The van der Waals surface area contributed by atoms with Crippen molar-refractivity contribution in [3.63, 3.8) is 0 Å². The van der Waals surface area contributed by atoms with Gasteiger partial charge in [0.2, 0.25) is 0 Å². The van der Waals surface area contributed by atoms with Crippen molar-refractivity contribution in [2.45, 2.75) is 10.9 Å². The van der Waals surface area contributed by atoms with Gasteiger partial charge in [-0.3, -0.25) is 9.59 Å². The highest BCUT2D eigenvalue weighted by molar-refractivity contribution is 8.00. The molecule has 0 fully saturated rings. The van der Waals surface area contributed by atoms with E-state index in [-0.39, 0.29) is 11.8 Å². The number of amides is 2.